The number of fused-ring (bicyclic) bond motifs is 1. The van der Waals surface area contributed by atoms with Crippen molar-refractivity contribution in [2.45, 2.75) is 38.6 Å². The molecule has 18 heavy (non-hydrogen) atoms. The Labute approximate surface area is 116 Å². The SMILES string of the molecule is CCc1cc2c(SCC(C)CC)nc(N)nc2s1. The highest BCUT2D eigenvalue weighted by Gasteiger charge is 2.11. The van der Waals surface area contributed by atoms with Crippen molar-refractivity contribution in [2.75, 3.05) is 11.5 Å². The van der Waals surface area contributed by atoms with Crippen LogP contribution >= 0.6 is 23.1 Å². The molecular formula is C13H19N3S2. The molecule has 3 nitrogen and oxygen atoms in total. The Morgan fingerprint density at radius 1 is 1.39 bits per heavy atom. The second-order valence-corrected chi connectivity index (χ2v) is 6.62. The molecule has 0 aromatic carbocycles. The Morgan fingerprint density at radius 2 is 2.17 bits per heavy atom. The molecule has 98 valence electrons. The van der Waals surface area contributed by atoms with Gasteiger partial charge in [-0.3, -0.25) is 0 Å². The lowest BCUT2D eigenvalue weighted by Crippen LogP contribution is -1.99. The van der Waals surface area contributed by atoms with Gasteiger partial charge in [-0.25, -0.2) is 9.97 Å². The second-order valence-electron chi connectivity index (χ2n) is 4.50. The Bertz CT molecular complexity index is 536. The van der Waals surface area contributed by atoms with Gasteiger partial charge in [0.2, 0.25) is 5.95 Å². The van der Waals surface area contributed by atoms with Gasteiger partial charge in [-0.15, -0.1) is 23.1 Å². The summed E-state index contributed by atoms with van der Waals surface area (Å²) in [4.78, 5) is 11.1. The number of aryl methyl sites for hydroxylation is 1. The first-order valence-electron chi connectivity index (χ1n) is 6.32. The molecule has 2 aromatic heterocycles. The number of hydrogen-bond acceptors (Lipinski definition) is 5. The van der Waals surface area contributed by atoms with E-state index < -0.39 is 0 Å². The lowest BCUT2D eigenvalue weighted by molar-refractivity contribution is 0.636. The van der Waals surface area contributed by atoms with Gasteiger partial charge in [0, 0.05) is 16.0 Å². The maximum atomic E-state index is 5.79. The predicted molar refractivity (Wildman–Crippen MR) is 81.4 cm³/mol. The molecule has 2 aromatic rings. The lowest BCUT2D eigenvalue weighted by atomic mass is 10.2. The standard InChI is InChI=1S/C13H19N3S2/c1-4-8(3)7-17-11-10-6-9(5-2)18-12(10)16-13(14)15-11/h6,8H,4-5,7H2,1-3H3,(H2,14,15,16). The Kier molecular flexibility index (Phi) is 4.45. The van der Waals surface area contributed by atoms with Gasteiger partial charge in [0.05, 0.1) is 0 Å². The molecule has 5 heteroatoms. The van der Waals surface area contributed by atoms with Crippen molar-refractivity contribution >= 4 is 39.3 Å². The van der Waals surface area contributed by atoms with E-state index >= 15 is 0 Å². The lowest BCUT2D eigenvalue weighted by Gasteiger charge is -2.08. The van der Waals surface area contributed by atoms with Crippen LogP contribution in [0.25, 0.3) is 10.2 Å². The average Bonchev–Trinajstić information content (AvgIpc) is 2.78. The number of nitrogens with zero attached hydrogens (tertiary/aromatic N) is 2. The smallest absolute Gasteiger partial charge is 0.222 e. The number of rotatable bonds is 5. The predicted octanol–water partition coefficient (Wildman–Crippen LogP) is 3.97. The molecule has 0 aliphatic rings. The number of hydrogen-bond donors (Lipinski definition) is 1. The highest BCUT2D eigenvalue weighted by Crippen LogP contribution is 2.33. The van der Waals surface area contributed by atoms with Gasteiger partial charge in [-0.2, -0.15) is 0 Å². The average molecular weight is 281 g/mol. The van der Waals surface area contributed by atoms with E-state index in [2.05, 4.69) is 36.8 Å². The molecule has 1 unspecified atom stereocenters. The van der Waals surface area contributed by atoms with Gasteiger partial charge in [0.25, 0.3) is 0 Å². The number of nitrogens with two attached hydrogens (primary N) is 1. The molecule has 0 fully saturated rings. The highest BCUT2D eigenvalue weighted by atomic mass is 32.2. The van der Waals surface area contributed by atoms with E-state index in [1.165, 1.54) is 16.7 Å². The van der Waals surface area contributed by atoms with Gasteiger partial charge in [-0.1, -0.05) is 27.2 Å². The number of aromatic nitrogens is 2. The summed E-state index contributed by atoms with van der Waals surface area (Å²) in [6.07, 6.45) is 2.23. The minimum atomic E-state index is 0.388. The van der Waals surface area contributed by atoms with Crippen LogP contribution in [0.5, 0.6) is 0 Å². The molecule has 2 N–H and O–H groups in total. The molecule has 0 amide bonds. The summed E-state index contributed by atoms with van der Waals surface area (Å²) in [6.45, 7) is 6.64. The summed E-state index contributed by atoms with van der Waals surface area (Å²) in [7, 11) is 0. The fourth-order valence-electron chi connectivity index (χ4n) is 1.58. The first kappa shape index (κ1) is 13.6. The van der Waals surface area contributed by atoms with Crippen molar-refractivity contribution in [1.82, 2.24) is 9.97 Å². The normalized spacial score (nSPS) is 13.1. The first-order valence-corrected chi connectivity index (χ1v) is 8.13. The van der Waals surface area contributed by atoms with Crippen molar-refractivity contribution in [3.8, 4) is 0 Å². The van der Waals surface area contributed by atoms with Gasteiger partial charge >= 0.3 is 0 Å². The van der Waals surface area contributed by atoms with E-state index in [-0.39, 0.29) is 0 Å². The van der Waals surface area contributed by atoms with Crippen molar-refractivity contribution in [1.29, 1.82) is 0 Å². The van der Waals surface area contributed by atoms with Crippen molar-refractivity contribution < 1.29 is 0 Å². The van der Waals surface area contributed by atoms with Crippen molar-refractivity contribution in [3.63, 3.8) is 0 Å². The van der Waals surface area contributed by atoms with Crippen LogP contribution in [0.1, 0.15) is 32.1 Å². The van der Waals surface area contributed by atoms with Crippen LogP contribution in [0.3, 0.4) is 0 Å². The maximum Gasteiger partial charge on any atom is 0.222 e. The minimum absolute atomic E-state index is 0.388. The van der Waals surface area contributed by atoms with Gasteiger partial charge in [-0.05, 0) is 18.4 Å². The highest BCUT2D eigenvalue weighted by molar-refractivity contribution is 7.99. The summed E-state index contributed by atoms with van der Waals surface area (Å²) < 4.78 is 0. The monoisotopic (exact) mass is 281 g/mol. The molecule has 1 atom stereocenters. The summed E-state index contributed by atoms with van der Waals surface area (Å²) in [6, 6.07) is 2.21. The van der Waals surface area contributed by atoms with E-state index in [1.807, 2.05) is 0 Å². The van der Waals surface area contributed by atoms with Crippen LogP contribution in [-0.2, 0) is 6.42 Å². The third-order valence-corrected chi connectivity index (χ3v) is 5.47. The number of anilines is 1. The summed E-state index contributed by atoms with van der Waals surface area (Å²) in [5.41, 5.74) is 5.79. The molecule has 2 heterocycles. The number of nitrogen functional groups attached to an aromatic ring is 1. The van der Waals surface area contributed by atoms with Gasteiger partial charge in [0.1, 0.15) is 9.86 Å². The van der Waals surface area contributed by atoms with Crippen LogP contribution < -0.4 is 5.73 Å². The van der Waals surface area contributed by atoms with E-state index in [4.69, 9.17) is 5.73 Å². The molecule has 0 aliphatic carbocycles. The van der Waals surface area contributed by atoms with Gasteiger partial charge in [0.15, 0.2) is 0 Å². The number of thiophene rings is 1. The van der Waals surface area contributed by atoms with Crippen LogP contribution in [0.15, 0.2) is 11.1 Å². The third kappa shape index (κ3) is 2.95. The zero-order valence-electron chi connectivity index (χ0n) is 11.1. The Balaban J connectivity index is 2.32. The second kappa shape index (κ2) is 5.89. The van der Waals surface area contributed by atoms with E-state index in [9.17, 15) is 0 Å². The fraction of sp³-hybridized carbons (Fsp3) is 0.538. The van der Waals surface area contributed by atoms with Crippen LogP contribution in [-0.4, -0.2) is 15.7 Å². The molecular weight excluding hydrogens is 262 g/mol. The fourth-order valence-corrected chi connectivity index (χ4v) is 3.77. The Morgan fingerprint density at radius 3 is 2.83 bits per heavy atom. The quantitative estimate of drug-likeness (QED) is 0.665. The number of thioether (sulfide) groups is 1. The molecule has 0 aliphatic heterocycles. The van der Waals surface area contributed by atoms with Crippen LogP contribution in [0.4, 0.5) is 5.95 Å². The Hall–Kier alpha value is -0.810. The van der Waals surface area contributed by atoms with E-state index in [1.54, 1.807) is 23.1 Å². The van der Waals surface area contributed by atoms with Crippen LogP contribution in [0, 0.1) is 5.92 Å². The summed E-state index contributed by atoms with van der Waals surface area (Å²) >= 11 is 3.52. The van der Waals surface area contributed by atoms with E-state index in [0.29, 0.717) is 11.9 Å². The van der Waals surface area contributed by atoms with Crippen molar-refractivity contribution in [2.24, 2.45) is 5.92 Å². The zero-order chi connectivity index (χ0) is 13.1. The maximum absolute atomic E-state index is 5.79. The minimum Gasteiger partial charge on any atom is -0.368 e. The molecule has 0 spiro atoms. The van der Waals surface area contributed by atoms with Crippen LogP contribution in [0.2, 0.25) is 0 Å². The van der Waals surface area contributed by atoms with E-state index in [0.717, 1.165) is 22.0 Å². The molecule has 0 saturated heterocycles. The largest absolute Gasteiger partial charge is 0.368 e. The zero-order valence-corrected chi connectivity index (χ0v) is 12.7. The molecule has 2 rings (SSSR count). The summed E-state index contributed by atoms with van der Waals surface area (Å²) in [5, 5.41) is 2.20. The molecule has 0 radical (unpaired) electrons. The molecule has 0 saturated carbocycles. The first-order chi connectivity index (χ1) is 8.63. The van der Waals surface area contributed by atoms with Gasteiger partial charge < -0.3 is 5.73 Å². The van der Waals surface area contributed by atoms with Crippen molar-refractivity contribution in [3.05, 3.63) is 10.9 Å². The summed E-state index contributed by atoms with van der Waals surface area (Å²) in [5.74, 6) is 2.17. The molecule has 0 bridgehead atoms. The third-order valence-electron chi connectivity index (χ3n) is 2.98. The topological polar surface area (TPSA) is 51.8 Å².